The topological polar surface area (TPSA) is 43.4 Å². The fourth-order valence-electron chi connectivity index (χ4n) is 2.60. The van der Waals surface area contributed by atoms with E-state index in [0.29, 0.717) is 4.90 Å². The summed E-state index contributed by atoms with van der Waals surface area (Å²) in [5.41, 5.74) is 1.28. The summed E-state index contributed by atoms with van der Waals surface area (Å²) in [5.74, 6) is 0. The third kappa shape index (κ3) is 2.75. The standard InChI is InChI=1S/C14H20O3S/c1-11-6-7-13(12(2)10-11)18(15,16)17-14(3)8-4-5-9-14/h6-7,10H,4-5,8-9H2,1-3H3. The first-order valence-corrected chi connectivity index (χ1v) is 7.76. The van der Waals surface area contributed by atoms with Gasteiger partial charge in [0.2, 0.25) is 0 Å². The summed E-state index contributed by atoms with van der Waals surface area (Å²) < 4.78 is 30.1. The van der Waals surface area contributed by atoms with Crippen molar-refractivity contribution in [2.75, 3.05) is 0 Å². The van der Waals surface area contributed by atoms with E-state index < -0.39 is 15.7 Å². The molecule has 0 radical (unpaired) electrons. The molecule has 0 atom stereocenters. The second-order valence-corrected chi connectivity index (χ2v) is 6.98. The lowest BCUT2D eigenvalue weighted by Crippen LogP contribution is -2.28. The van der Waals surface area contributed by atoms with Crippen molar-refractivity contribution in [2.45, 2.75) is 57.0 Å². The van der Waals surface area contributed by atoms with Gasteiger partial charge in [-0.3, -0.25) is 4.18 Å². The first kappa shape index (κ1) is 13.6. The Hall–Kier alpha value is -0.870. The van der Waals surface area contributed by atoms with Crippen LogP contribution in [0.5, 0.6) is 0 Å². The molecule has 4 heteroatoms. The van der Waals surface area contributed by atoms with Gasteiger partial charge in [-0.25, -0.2) is 0 Å². The molecule has 1 aromatic carbocycles. The van der Waals surface area contributed by atoms with E-state index in [0.717, 1.165) is 36.8 Å². The van der Waals surface area contributed by atoms with Crippen molar-refractivity contribution in [3.8, 4) is 0 Å². The third-order valence-corrected chi connectivity index (χ3v) is 5.19. The van der Waals surface area contributed by atoms with Gasteiger partial charge in [-0.1, -0.05) is 30.5 Å². The summed E-state index contributed by atoms with van der Waals surface area (Å²) in [5, 5.41) is 0. The van der Waals surface area contributed by atoms with E-state index in [-0.39, 0.29) is 0 Å². The molecule has 0 unspecified atom stereocenters. The molecule has 0 spiro atoms. The largest absolute Gasteiger partial charge is 0.297 e. The SMILES string of the molecule is Cc1ccc(S(=O)(=O)OC2(C)CCCC2)c(C)c1. The Morgan fingerprint density at radius 3 is 2.33 bits per heavy atom. The summed E-state index contributed by atoms with van der Waals surface area (Å²) in [6, 6.07) is 5.31. The van der Waals surface area contributed by atoms with Crippen LogP contribution in [0.4, 0.5) is 0 Å². The molecule has 0 aliphatic heterocycles. The molecular weight excluding hydrogens is 248 g/mol. The summed E-state index contributed by atoms with van der Waals surface area (Å²) in [6.07, 6.45) is 3.71. The van der Waals surface area contributed by atoms with Crippen LogP contribution in [-0.4, -0.2) is 14.0 Å². The van der Waals surface area contributed by atoms with Crippen molar-refractivity contribution in [1.82, 2.24) is 0 Å². The first-order valence-electron chi connectivity index (χ1n) is 6.35. The van der Waals surface area contributed by atoms with Crippen molar-refractivity contribution < 1.29 is 12.6 Å². The molecule has 1 aliphatic carbocycles. The lowest BCUT2D eigenvalue weighted by atomic mass is 10.1. The van der Waals surface area contributed by atoms with Crippen molar-refractivity contribution in [3.63, 3.8) is 0 Å². The Morgan fingerprint density at radius 1 is 1.17 bits per heavy atom. The highest BCUT2D eigenvalue weighted by Crippen LogP contribution is 2.36. The highest BCUT2D eigenvalue weighted by Gasteiger charge is 2.35. The van der Waals surface area contributed by atoms with Crippen molar-refractivity contribution in [3.05, 3.63) is 29.3 Å². The zero-order chi connectivity index (χ0) is 13.4. The summed E-state index contributed by atoms with van der Waals surface area (Å²) in [4.78, 5) is 0.293. The number of aryl methyl sites for hydroxylation is 2. The van der Waals surface area contributed by atoms with Gasteiger partial charge in [0, 0.05) is 0 Å². The molecule has 0 aromatic heterocycles. The van der Waals surface area contributed by atoms with Crippen LogP contribution in [0.15, 0.2) is 23.1 Å². The molecular formula is C14H20O3S. The fraction of sp³-hybridized carbons (Fsp3) is 0.571. The van der Waals surface area contributed by atoms with Gasteiger partial charge in [-0.05, 0) is 45.2 Å². The van der Waals surface area contributed by atoms with E-state index in [2.05, 4.69) is 0 Å². The minimum Gasteiger partial charge on any atom is -0.260 e. The molecule has 0 N–H and O–H groups in total. The molecule has 2 rings (SSSR count). The maximum absolute atomic E-state index is 12.3. The average Bonchev–Trinajstić information content (AvgIpc) is 2.62. The Kier molecular flexibility index (Phi) is 3.52. The van der Waals surface area contributed by atoms with Crippen LogP contribution >= 0.6 is 0 Å². The minimum absolute atomic E-state index is 0.293. The molecule has 0 bridgehead atoms. The third-order valence-electron chi connectivity index (χ3n) is 3.57. The number of hydrogen-bond donors (Lipinski definition) is 0. The highest BCUT2D eigenvalue weighted by molar-refractivity contribution is 7.86. The zero-order valence-corrected chi connectivity index (χ0v) is 12.0. The highest BCUT2D eigenvalue weighted by atomic mass is 32.2. The number of rotatable bonds is 3. The second-order valence-electron chi connectivity index (χ2n) is 5.46. The Morgan fingerprint density at radius 2 is 1.78 bits per heavy atom. The van der Waals surface area contributed by atoms with Crippen molar-refractivity contribution in [2.24, 2.45) is 0 Å². The van der Waals surface area contributed by atoms with E-state index >= 15 is 0 Å². The lowest BCUT2D eigenvalue weighted by Gasteiger charge is -2.23. The van der Waals surface area contributed by atoms with E-state index in [4.69, 9.17) is 4.18 Å². The van der Waals surface area contributed by atoms with Gasteiger partial charge >= 0.3 is 0 Å². The van der Waals surface area contributed by atoms with Crippen LogP contribution in [-0.2, 0) is 14.3 Å². The van der Waals surface area contributed by atoms with E-state index in [9.17, 15) is 8.42 Å². The van der Waals surface area contributed by atoms with Crippen molar-refractivity contribution >= 4 is 10.1 Å². The predicted molar refractivity (Wildman–Crippen MR) is 71.1 cm³/mol. The molecule has 0 heterocycles. The van der Waals surface area contributed by atoms with Crippen LogP contribution in [0.1, 0.15) is 43.7 Å². The average molecular weight is 268 g/mol. The van der Waals surface area contributed by atoms with Crippen LogP contribution in [0.25, 0.3) is 0 Å². The monoisotopic (exact) mass is 268 g/mol. The quantitative estimate of drug-likeness (QED) is 0.790. The molecule has 0 amide bonds. The van der Waals surface area contributed by atoms with Crippen LogP contribution in [0.3, 0.4) is 0 Å². The smallest absolute Gasteiger partial charge is 0.260 e. The Balaban J connectivity index is 2.30. The fourth-order valence-corrected chi connectivity index (χ4v) is 4.07. The maximum atomic E-state index is 12.3. The molecule has 1 saturated carbocycles. The van der Waals surface area contributed by atoms with E-state index in [1.165, 1.54) is 0 Å². The molecule has 18 heavy (non-hydrogen) atoms. The molecule has 1 aromatic rings. The van der Waals surface area contributed by atoms with Gasteiger partial charge in [0.1, 0.15) is 0 Å². The number of benzene rings is 1. The van der Waals surface area contributed by atoms with E-state index in [1.54, 1.807) is 19.1 Å². The van der Waals surface area contributed by atoms with Crippen LogP contribution in [0.2, 0.25) is 0 Å². The summed E-state index contributed by atoms with van der Waals surface area (Å²) in [7, 11) is -3.65. The van der Waals surface area contributed by atoms with E-state index in [1.807, 2.05) is 19.9 Å². The first-order chi connectivity index (χ1) is 8.32. The van der Waals surface area contributed by atoms with Gasteiger partial charge in [-0.2, -0.15) is 8.42 Å². The summed E-state index contributed by atoms with van der Waals surface area (Å²) >= 11 is 0. The molecule has 100 valence electrons. The zero-order valence-electron chi connectivity index (χ0n) is 11.2. The van der Waals surface area contributed by atoms with Gasteiger partial charge in [0.15, 0.2) is 0 Å². The summed E-state index contributed by atoms with van der Waals surface area (Å²) in [6.45, 7) is 5.64. The van der Waals surface area contributed by atoms with Gasteiger partial charge in [-0.15, -0.1) is 0 Å². The minimum atomic E-state index is -3.65. The lowest BCUT2D eigenvalue weighted by molar-refractivity contribution is 0.105. The van der Waals surface area contributed by atoms with Crippen molar-refractivity contribution in [1.29, 1.82) is 0 Å². The number of hydrogen-bond acceptors (Lipinski definition) is 3. The van der Waals surface area contributed by atoms with Crippen LogP contribution < -0.4 is 0 Å². The van der Waals surface area contributed by atoms with Gasteiger partial charge in [0.25, 0.3) is 10.1 Å². The maximum Gasteiger partial charge on any atom is 0.297 e. The molecule has 0 saturated heterocycles. The van der Waals surface area contributed by atoms with Crippen LogP contribution in [0, 0.1) is 13.8 Å². The van der Waals surface area contributed by atoms with Gasteiger partial charge < -0.3 is 0 Å². The van der Waals surface area contributed by atoms with Gasteiger partial charge in [0.05, 0.1) is 10.5 Å². The predicted octanol–water partition coefficient (Wildman–Crippen LogP) is 3.34. The second kappa shape index (κ2) is 4.67. The molecule has 3 nitrogen and oxygen atoms in total. The molecule has 1 fully saturated rings. The molecule has 1 aliphatic rings. The Labute approximate surface area is 109 Å². The Bertz CT molecular complexity index is 540. The normalized spacial score (nSPS) is 19.1.